The third kappa shape index (κ3) is 10.3. The van der Waals surface area contributed by atoms with Gasteiger partial charge in [-0.3, -0.25) is 29.0 Å². The number of Topliss-reactive ketones (excluding diaryl/α,β-unsaturated/α-hetero) is 2. The van der Waals surface area contributed by atoms with Gasteiger partial charge in [0.1, 0.15) is 17.9 Å². The Morgan fingerprint density at radius 3 is 2.27 bits per heavy atom. The molecule has 0 aliphatic heterocycles. The molecule has 0 aliphatic rings. The van der Waals surface area contributed by atoms with E-state index >= 15 is 0 Å². The van der Waals surface area contributed by atoms with Gasteiger partial charge >= 0.3 is 5.97 Å². The number of hydrogen-bond acceptors (Lipinski definition) is 10. The number of aldehydes is 1. The topological polar surface area (TPSA) is 273 Å². The Balaban J connectivity index is 2.95. The SMILES string of the molecule is CN[C@H](CCCN=C(N)N)C(=O)NCC(=O)N[C@@H](CC(=O)O)C(=O)C(N)(C=O)C(C=N)CC(=O)c1ccccc1. The van der Waals surface area contributed by atoms with Crippen LogP contribution in [0.2, 0.25) is 0 Å². The first-order valence-electron chi connectivity index (χ1n) is 12.3. The van der Waals surface area contributed by atoms with Crippen LogP contribution in [0.1, 0.15) is 36.0 Å². The second kappa shape index (κ2) is 16.5. The van der Waals surface area contributed by atoms with Crippen LogP contribution in [0.15, 0.2) is 35.3 Å². The molecular weight excluding hydrogens is 524 g/mol. The lowest BCUT2D eigenvalue weighted by molar-refractivity contribution is -0.142. The van der Waals surface area contributed by atoms with Crippen LogP contribution in [0.4, 0.5) is 0 Å². The molecule has 0 aliphatic carbocycles. The molecule has 2 unspecified atom stereocenters. The van der Waals surface area contributed by atoms with Gasteiger partial charge in [-0.15, -0.1) is 0 Å². The number of likely N-dealkylation sites (N-methyl/N-ethyl adjacent to an activating group) is 1. The van der Waals surface area contributed by atoms with Gasteiger partial charge in [-0.1, -0.05) is 30.3 Å². The Morgan fingerprint density at radius 2 is 1.75 bits per heavy atom. The molecule has 0 bridgehead atoms. The molecule has 15 heteroatoms. The molecule has 0 spiro atoms. The van der Waals surface area contributed by atoms with Gasteiger partial charge < -0.3 is 48.5 Å². The molecule has 0 fully saturated rings. The molecule has 11 N–H and O–H groups in total. The molecule has 218 valence electrons. The maximum absolute atomic E-state index is 13.3. The predicted molar refractivity (Wildman–Crippen MR) is 146 cm³/mol. The normalized spacial score (nSPS) is 14.3. The first-order chi connectivity index (χ1) is 18.9. The van der Waals surface area contributed by atoms with E-state index in [0.29, 0.717) is 25.6 Å². The first-order valence-corrected chi connectivity index (χ1v) is 12.3. The fourth-order valence-corrected chi connectivity index (χ4v) is 3.77. The van der Waals surface area contributed by atoms with Crippen LogP contribution in [0.25, 0.3) is 0 Å². The van der Waals surface area contributed by atoms with Gasteiger partial charge in [0.25, 0.3) is 0 Å². The third-order valence-electron chi connectivity index (χ3n) is 6.00. The molecule has 0 saturated heterocycles. The number of nitrogens with zero attached hydrogens (tertiary/aromatic N) is 1. The first kappa shape index (κ1) is 33.5. The summed E-state index contributed by atoms with van der Waals surface area (Å²) < 4.78 is 0. The zero-order chi connectivity index (χ0) is 30.3. The standard InChI is InChI=1S/C25H36N8O7/c1-30-17(8-5-9-31-24(27)28)23(40)32-13-20(36)33-18(11-21(37)38)22(39)25(29,14-34)16(12-26)10-19(35)15-6-3-2-4-7-15/h2-4,6-7,12,14,16-18,26,30H,5,8-11,13,29H2,1H3,(H,32,40)(H,33,36)(H,37,38)(H4,27,28,31)/t16?,17-,18+,25?/m1/s1. The van der Waals surface area contributed by atoms with Gasteiger partial charge in [-0.05, 0) is 19.9 Å². The molecule has 0 saturated carbocycles. The van der Waals surface area contributed by atoms with Gasteiger partial charge in [0.15, 0.2) is 17.5 Å². The van der Waals surface area contributed by atoms with Crippen LogP contribution in [0.5, 0.6) is 0 Å². The fourth-order valence-electron chi connectivity index (χ4n) is 3.77. The minimum atomic E-state index is -2.49. The predicted octanol–water partition coefficient (Wildman–Crippen LogP) is -2.29. The maximum atomic E-state index is 13.3. The maximum Gasteiger partial charge on any atom is 0.305 e. The summed E-state index contributed by atoms with van der Waals surface area (Å²) in [5.41, 5.74) is 14.3. The minimum Gasteiger partial charge on any atom is -0.481 e. The highest BCUT2D eigenvalue weighted by molar-refractivity contribution is 6.11. The van der Waals surface area contributed by atoms with Crippen LogP contribution < -0.4 is 33.2 Å². The summed E-state index contributed by atoms with van der Waals surface area (Å²) in [4.78, 5) is 78.2. The summed E-state index contributed by atoms with van der Waals surface area (Å²) in [5, 5.41) is 24.3. The summed E-state index contributed by atoms with van der Waals surface area (Å²) in [6, 6.07) is 5.43. The van der Waals surface area contributed by atoms with Gasteiger partial charge in [0.2, 0.25) is 11.8 Å². The summed E-state index contributed by atoms with van der Waals surface area (Å²) in [6.45, 7) is -0.327. The molecular formula is C25H36N8O7. The van der Waals surface area contributed by atoms with E-state index in [0.717, 1.165) is 0 Å². The highest BCUT2D eigenvalue weighted by Gasteiger charge is 2.46. The molecule has 40 heavy (non-hydrogen) atoms. The molecule has 4 atom stereocenters. The van der Waals surface area contributed by atoms with Gasteiger partial charge in [0.05, 0.1) is 19.0 Å². The van der Waals surface area contributed by atoms with Crippen LogP contribution in [0.3, 0.4) is 0 Å². The summed E-state index contributed by atoms with van der Waals surface area (Å²) in [5.74, 6) is -6.18. The van der Waals surface area contributed by atoms with Crippen molar-refractivity contribution in [3.05, 3.63) is 35.9 Å². The molecule has 0 aromatic heterocycles. The van der Waals surface area contributed by atoms with Crippen molar-refractivity contribution in [1.29, 1.82) is 5.41 Å². The number of ketones is 2. The fraction of sp³-hybridized carbons (Fsp3) is 0.440. The van der Waals surface area contributed by atoms with Crippen molar-refractivity contribution in [2.45, 2.75) is 43.3 Å². The highest BCUT2D eigenvalue weighted by atomic mass is 16.4. The number of rotatable bonds is 19. The Bertz CT molecular complexity index is 1110. The Labute approximate surface area is 230 Å². The highest BCUT2D eigenvalue weighted by Crippen LogP contribution is 2.21. The van der Waals surface area contributed by atoms with Gasteiger partial charge in [-0.2, -0.15) is 0 Å². The van der Waals surface area contributed by atoms with Crippen molar-refractivity contribution in [2.24, 2.45) is 28.1 Å². The molecule has 1 aromatic rings. The largest absolute Gasteiger partial charge is 0.481 e. The quantitative estimate of drug-likeness (QED) is 0.0222. The van der Waals surface area contributed by atoms with E-state index in [1.54, 1.807) is 18.2 Å². The number of aliphatic carboxylic acids is 1. The third-order valence-corrected chi connectivity index (χ3v) is 6.00. The average Bonchev–Trinajstić information content (AvgIpc) is 2.93. The van der Waals surface area contributed by atoms with Crippen LogP contribution in [-0.2, 0) is 24.0 Å². The number of carbonyl (C=O) groups excluding carboxylic acids is 5. The van der Waals surface area contributed by atoms with Gasteiger partial charge in [0, 0.05) is 30.7 Å². The molecule has 15 nitrogen and oxygen atoms in total. The lowest BCUT2D eigenvalue weighted by atomic mass is 9.76. The summed E-state index contributed by atoms with van der Waals surface area (Å²) in [6.07, 6.45) is 0.0650. The number of carbonyl (C=O) groups is 6. The molecule has 0 radical (unpaired) electrons. The molecule has 2 amide bonds. The van der Waals surface area contributed by atoms with Crippen molar-refractivity contribution in [2.75, 3.05) is 20.1 Å². The number of carboxylic acids is 1. The average molecular weight is 561 g/mol. The molecule has 1 aromatic carbocycles. The zero-order valence-corrected chi connectivity index (χ0v) is 22.1. The van der Waals surface area contributed by atoms with Crippen LogP contribution >= 0.6 is 0 Å². The summed E-state index contributed by atoms with van der Waals surface area (Å²) >= 11 is 0. The Kier molecular flexibility index (Phi) is 13.8. The van der Waals surface area contributed by atoms with Crippen molar-refractivity contribution >= 4 is 47.8 Å². The molecule has 0 heterocycles. The number of benzene rings is 1. The summed E-state index contributed by atoms with van der Waals surface area (Å²) in [7, 11) is 1.54. The number of carboxylic acid groups (broad SMARTS) is 1. The Morgan fingerprint density at radius 1 is 1.10 bits per heavy atom. The smallest absolute Gasteiger partial charge is 0.305 e. The Hall–Kier alpha value is -4.50. The van der Waals surface area contributed by atoms with Crippen LogP contribution in [0, 0.1) is 11.3 Å². The van der Waals surface area contributed by atoms with Gasteiger partial charge in [-0.25, -0.2) is 0 Å². The molecule has 1 rings (SSSR count). The number of nitrogens with one attached hydrogen (secondary N) is 4. The van der Waals surface area contributed by atoms with E-state index in [-0.39, 0.29) is 17.8 Å². The van der Waals surface area contributed by atoms with E-state index in [1.807, 2.05) is 0 Å². The van der Waals surface area contributed by atoms with Crippen molar-refractivity contribution < 1.29 is 33.9 Å². The second-order valence-electron chi connectivity index (χ2n) is 8.91. The van der Waals surface area contributed by atoms with Crippen molar-refractivity contribution in [1.82, 2.24) is 16.0 Å². The van der Waals surface area contributed by atoms with Crippen molar-refractivity contribution in [3.63, 3.8) is 0 Å². The van der Waals surface area contributed by atoms with E-state index in [1.165, 1.54) is 19.2 Å². The lowest BCUT2D eigenvalue weighted by Gasteiger charge is -2.31. The van der Waals surface area contributed by atoms with E-state index in [4.69, 9.17) is 22.6 Å². The number of hydrogen-bond donors (Lipinski definition) is 8. The number of nitrogens with two attached hydrogens (primary N) is 3. The van der Waals surface area contributed by atoms with E-state index in [2.05, 4.69) is 20.9 Å². The second-order valence-corrected chi connectivity index (χ2v) is 8.91. The van der Waals surface area contributed by atoms with E-state index in [9.17, 15) is 33.9 Å². The van der Waals surface area contributed by atoms with E-state index < -0.39 is 72.3 Å². The van der Waals surface area contributed by atoms with Crippen molar-refractivity contribution in [3.8, 4) is 0 Å². The zero-order valence-electron chi connectivity index (χ0n) is 22.1. The number of aliphatic imine (C=N–C) groups is 1. The monoisotopic (exact) mass is 560 g/mol. The number of amides is 2. The minimum absolute atomic E-state index is 0.0337. The lowest BCUT2D eigenvalue weighted by Crippen LogP contribution is -2.63. The number of guanidine groups is 1. The van der Waals surface area contributed by atoms with Crippen LogP contribution in [-0.4, -0.2) is 90.7 Å².